The molecule has 0 fully saturated rings. The fourth-order valence-electron chi connectivity index (χ4n) is 2.49. The SMILES string of the molecule is C=O.CCC(C)(C)C.CNc1c(C)cc(OCc2ccccc2C(F)(F)F)cc1C. The Morgan fingerprint density at radius 2 is 1.47 bits per heavy atom. The fraction of sp³-hybridized carbons (Fsp3) is 0.458. The van der Waals surface area contributed by atoms with Crippen molar-refractivity contribution in [1.29, 1.82) is 0 Å². The summed E-state index contributed by atoms with van der Waals surface area (Å²) in [6, 6.07) is 9.09. The second-order valence-electron chi connectivity index (χ2n) is 8.04. The van der Waals surface area contributed by atoms with Crippen LogP contribution in [0.5, 0.6) is 5.75 Å². The number of halogens is 3. The number of ether oxygens (including phenoxy) is 1. The van der Waals surface area contributed by atoms with Crippen molar-refractivity contribution in [2.45, 2.75) is 60.7 Å². The molecule has 168 valence electrons. The Bertz CT molecular complexity index is 758. The Balaban J connectivity index is 0.000000905. The zero-order valence-electron chi connectivity index (χ0n) is 19.0. The average molecular weight is 426 g/mol. The van der Waals surface area contributed by atoms with Gasteiger partial charge in [0.1, 0.15) is 19.1 Å². The van der Waals surface area contributed by atoms with Gasteiger partial charge in [-0.1, -0.05) is 52.3 Å². The summed E-state index contributed by atoms with van der Waals surface area (Å²) in [5.74, 6) is 0.561. The van der Waals surface area contributed by atoms with Crippen molar-refractivity contribution in [2.24, 2.45) is 5.41 Å². The van der Waals surface area contributed by atoms with Crippen molar-refractivity contribution in [2.75, 3.05) is 12.4 Å². The Hall–Kier alpha value is -2.50. The topological polar surface area (TPSA) is 38.3 Å². The number of carbonyl (C=O) groups is 1. The standard InChI is InChI=1S/C17H18F3NO.C6H14.CH2O/c1-11-8-14(9-12(2)16(11)21-3)22-10-13-6-4-5-7-15(13)17(18,19)20;1-5-6(2,3)4;1-2/h4-9,21H,10H2,1-3H3;5H2,1-4H3;1H2. The first-order valence-electron chi connectivity index (χ1n) is 9.74. The molecule has 0 aliphatic rings. The first kappa shape index (κ1) is 27.5. The Labute approximate surface area is 178 Å². The van der Waals surface area contributed by atoms with Crippen molar-refractivity contribution >= 4 is 12.5 Å². The first-order chi connectivity index (χ1) is 13.9. The van der Waals surface area contributed by atoms with E-state index in [0.717, 1.165) is 22.9 Å². The third-order valence-electron chi connectivity index (χ3n) is 4.53. The molecule has 3 nitrogen and oxygen atoms in total. The van der Waals surface area contributed by atoms with Gasteiger partial charge in [-0.2, -0.15) is 13.2 Å². The molecule has 0 bridgehead atoms. The molecule has 2 aromatic carbocycles. The molecule has 0 radical (unpaired) electrons. The van der Waals surface area contributed by atoms with Gasteiger partial charge in [0, 0.05) is 18.3 Å². The summed E-state index contributed by atoms with van der Waals surface area (Å²) in [5, 5.41) is 3.09. The molecule has 0 unspecified atom stereocenters. The molecule has 2 aromatic rings. The van der Waals surface area contributed by atoms with Crippen LogP contribution in [0, 0.1) is 19.3 Å². The molecule has 0 aliphatic heterocycles. The molecule has 0 spiro atoms. The van der Waals surface area contributed by atoms with Crippen LogP contribution >= 0.6 is 0 Å². The van der Waals surface area contributed by atoms with Crippen molar-refractivity contribution in [1.82, 2.24) is 0 Å². The molecular weight excluding hydrogens is 391 g/mol. The summed E-state index contributed by atoms with van der Waals surface area (Å²) in [4.78, 5) is 8.00. The number of carbonyl (C=O) groups excluding carboxylic acids is 1. The second-order valence-corrected chi connectivity index (χ2v) is 8.04. The highest BCUT2D eigenvalue weighted by Gasteiger charge is 2.32. The van der Waals surface area contributed by atoms with Crippen LogP contribution in [-0.2, 0) is 17.6 Å². The van der Waals surface area contributed by atoms with Gasteiger partial charge >= 0.3 is 6.18 Å². The molecule has 0 aliphatic carbocycles. The summed E-state index contributed by atoms with van der Waals surface area (Å²) in [5.41, 5.74) is 2.99. The molecule has 2 rings (SSSR count). The summed E-state index contributed by atoms with van der Waals surface area (Å²) in [6.07, 6.45) is -3.10. The first-order valence-corrected chi connectivity index (χ1v) is 9.74. The molecule has 0 heterocycles. The maximum absolute atomic E-state index is 12.9. The van der Waals surface area contributed by atoms with Gasteiger partial charge in [-0.05, 0) is 48.6 Å². The van der Waals surface area contributed by atoms with Gasteiger partial charge in [0.2, 0.25) is 0 Å². The highest BCUT2D eigenvalue weighted by atomic mass is 19.4. The molecular formula is C24H34F3NO2. The predicted octanol–water partition coefficient (Wildman–Crippen LogP) is 7.20. The van der Waals surface area contributed by atoms with Crippen LogP contribution in [0.1, 0.15) is 56.4 Å². The highest BCUT2D eigenvalue weighted by Crippen LogP contribution is 2.33. The van der Waals surface area contributed by atoms with E-state index < -0.39 is 11.7 Å². The number of nitrogens with one attached hydrogen (secondary N) is 1. The number of aryl methyl sites for hydroxylation is 2. The number of hydrogen-bond acceptors (Lipinski definition) is 3. The van der Waals surface area contributed by atoms with Crippen molar-refractivity contribution in [3.05, 3.63) is 58.7 Å². The van der Waals surface area contributed by atoms with Crippen LogP contribution < -0.4 is 10.1 Å². The summed E-state index contributed by atoms with van der Waals surface area (Å²) in [7, 11) is 1.83. The van der Waals surface area contributed by atoms with Crippen LogP contribution in [0.15, 0.2) is 36.4 Å². The van der Waals surface area contributed by atoms with Crippen molar-refractivity contribution < 1.29 is 22.7 Å². The largest absolute Gasteiger partial charge is 0.489 e. The van der Waals surface area contributed by atoms with E-state index in [9.17, 15) is 13.2 Å². The highest BCUT2D eigenvalue weighted by molar-refractivity contribution is 5.59. The number of alkyl halides is 3. The Morgan fingerprint density at radius 3 is 1.87 bits per heavy atom. The maximum Gasteiger partial charge on any atom is 0.416 e. The minimum absolute atomic E-state index is 0.118. The smallest absolute Gasteiger partial charge is 0.416 e. The lowest BCUT2D eigenvalue weighted by atomic mass is 9.94. The Morgan fingerprint density at radius 1 is 1.00 bits per heavy atom. The number of benzene rings is 2. The van der Waals surface area contributed by atoms with E-state index in [1.54, 1.807) is 6.07 Å². The van der Waals surface area contributed by atoms with Crippen LogP contribution in [-0.4, -0.2) is 13.8 Å². The third-order valence-corrected chi connectivity index (χ3v) is 4.53. The molecule has 1 N–H and O–H groups in total. The van der Waals surface area contributed by atoms with Crippen LogP contribution in [0.2, 0.25) is 0 Å². The number of hydrogen-bond donors (Lipinski definition) is 1. The lowest BCUT2D eigenvalue weighted by Gasteiger charge is -2.15. The van der Waals surface area contributed by atoms with Crippen molar-refractivity contribution in [3.8, 4) is 5.75 Å². The molecule has 30 heavy (non-hydrogen) atoms. The van der Waals surface area contributed by atoms with E-state index in [1.807, 2.05) is 39.8 Å². The average Bonchev–Trinajstić information content (AvgIpc) is 2.67. The molecule has 0 amide bonds. The Kier molecular flexibility index (Phi) is 11.2. The van der Waals surface area contributed by atoms with Crippen LogP contribution in [0.25, 0.3) is 0 Å². The second kappa shape index (κ2) is 12.3. The summed E-state index contributed by atoms with van der Waals surface area (Å²) >= 11 is 0. The number of rotatable bonds is 4. The summed E-state index contributed by atoms with van der Waals surface area (Å²) in [6.45, 7) is 14.7. The van der Waals surface area contributed by atoms with Gasteiger partial charge in [0.25, 0.3) is 0 Å². The minimum Gasteiger partial charge on any atom is -0.489 e. The van der Waals surface area contributed by atoms with Crippen molar-refractivity contribution in [3.63, 3.8) is 0 Å². The molecule has 0 aromatic heterocycles. The van der Waals surface area contributed by atoms with Gasteiger partial charge in [-0.25, -0.2) is 0 Å². The van der Waals surface area contributed by atoms with E-state index in [2.05, 4.69) is 33.0 Å². The van der Waals surface area contributed by atoms with Crippen LogP contribution in [0.3, 0.4) is 0 Å². The monoisotopic (exact) mass is 425 g/mol. The fourth-order valence-corrected chi connectivity index (χ4v) is 2.49. The zero-order chi connectivity index (χ0) is 23.5. The summed E-state index contributed by atoms with van der Waals surface area (Å²) < 4.78 is 44.4. The van der Waals surface area contributed by atoms with Gasteiger partial charge in [0.05, 0.1) is 5.56 Å². The molecule has 0 atom stereocenters. The lowest BCUT2D eigenvalue weighted by Crippen LogP contribution is -2.10. The van der Waals surface area contributed by atoms with Gasteiger partial charge < -0.3 is 14.8 Å². The quantitative estimate of drug-likeness (QED) is 0.563. The number of anilines is 1. The predicted molar refractivity (Wildman–Crippen MR) is 118 cm³/mol. The van der Waals surface area contributed by atoms with E-state index in [4.69, 9.17) is 9.53 Å². The van der Waals surface area contributed by atoms with Gasteiger partial charge in [-0.3, -0.25) is 0 Å². The zero-order valence-corrected chi connectivity index (χ0v) is 19.0. The lowest BCUT2D eigenvalue weighted by molar-refractivity contribution is -0.138. The van der Waals surface area contributed by atoms with E-state index in [-0.39, 0.29) is 12.2 Å². The molecule has 0 saturated heterocycles. The van der Waals surface area contributed by atoms with E-state index in [0.29, 0.717) is 11.2 Å². The van der Waals surface area contributed by atoms with Gasteiger partial charge in [-0.15, -0.1) is 0 Å². The van der Waals surface area contributed by atoms with E-state index >= 15 is 0 Å². The van der Waals surface area contributed by atoms with Crippen LogP contribution in [0.4, 0.5) is 18.9 Å². The maximum atomic E-state index is 12.9. The van der Waals surface area contributed by atoms with E-state index in [1.165, 1.54) is 18.6 Å². The van der Waals surface area contributed by atoms with Gasteiger partial charge in [0.15, 0.2) is 0 Å². The minimum atomic E-state index is -4.37. The third kappa shape index (κ3) is 9.33. The molecule has 6 heteroatoms. The molecule has 0 saturated carbocycles. The normalized spacial score (nSPS) is 10.9.